The number of hydrogen-bond acceptors (Lipinski definition) is 5. The van der Waals surface area contributed by atoms with Crippen LogP contribution in [0.25, 0.3) is 0 Å². The van der Waals surface area contributed by atoms with Crippen LogP contribution in [-0.4, -0.2) is 32.7 Å². The highest BCUT2D eigenvalue weighted by molar-refractivity contribution is 7.07. The van der Waals surface area contributed by atoms with Gasteiger partial charge in [-0.3, -0.25) is 9.89 Å². The van der Waals surface area contributed by atoms with Gasteiger partial charge in [-0.2, -0.15) is 11.3 Å². The van der Waals surface area contributed by atoms with E-state index in [1.54, 1.807) is 6.92 Å². The van der Waals surface area contributed by atoms with Crippen molar-refractivity contribution in [2.75, 3.05) is 6.54 Å². The molecule has 17 heavy (non-hydrogen) atoms. The molecule has 0 aliphatic carbocycles. The third-order valence-electron chi connectivity index (χ3n) is 2.18. The predicted octanol–water partition coefficient (Wildman–Crippen LogP) is 0.638. The fourth-order valence-electron chi connectivity index (χ4n) is 1.30. The van der Waals surface area contributed by atoms with Crippen molar-refractivity contribution in [2.45, 2.75) is 13.0 Å². The maximum atomic E-state index is 11.6. The van der Waals surface area contributed by atoms with E-state index < -0.39 is 12.0 Å². The molecule has 1 unspecified atom stereocenters. The van der Waals surface area contributed by atoms with Crippen LogP contribution in [0.3, 0.4) is 0 Å². The topological polar surface area (TPSA) is 90.9 Å². The van der Waals surface area contributed by atoms with Crippen molar-refractivity contribution in [3.8, 4) is 0 Å². The Balaban J connectivity index is 1.88. The van der Waals surface area contributed by atoms with E-state index >= 15 is 0 Å². The molecule has 0 aliphatic rings. The number of thiophene rings is 1. The number of rotatable bonds is 4. The summed E-state index contributed by atoms with van der Waals surface area (Å²) in [7, 11) is 0. The van der Waals surface area contributed by atoms with Crippen LogP contribution in [0.15, 0.2) is 16.8 Å². The highest BCUT2D eigenvalue weighted by Crippen LogP contribution is 2.15. The molecule has 1 amide bonds. The first-order valence-corrected chi connectivity index (χ1v) is 5.98. The summed E-state index contributed by atoms with van der Waals surface area (Å²) in [6.07, 6.45) is -0.703. The van der Waals surface area contributed by atoms with Crippen LogP contribution in [0.1, 0.15) is 28.1 Å². The number of aromatic nitrogens is 3. The van der Waals surface area contributed by atoms with Crippen molar-refractivity contribution in [2.24, 2.45) is 0 Å². The van der Waals surface area contributed by atoms with Crippen LogP contribution in [0.5, 0.6) is 0 Å². The molecular weight excluding hydrogens is 240 g/mol. The molecule has 90 valence electrons. The van der Waals surface area contributed by atoms with Crippen LogP contribution in [0, 0.1) is 6.92 Å². The van der Waals surface area contributed by atoms with Crippen molar-refractivity contribution in [3.05, 3.63) is 34.0 Å². The second-order valence-electron chi connectivity index (χ2n) is 3.53. The van der Waals surface area contributed by atoms with Gasteiger partial charge < -0.3 is 10.4 Å². The molecular formula is C10H12N4O2S. The standard InChI is InChI=1S/C10H12N4O2S/c1-6-12-9(14-13-6)10(16)11-4-8(15)7-2-3-17-5-7/h2-3,5,8,15H,4H2,1H3,(H,11,16)(H,12,13,14). The molecule has 0 aromatic carbocycles. The van der Waals surface area contributed by atoms with Gasteiger partial charge >= 0.3 is 0 Å². The summed E-state index contributed by atoms with van der Waals surface area (Å²) in [4.78, 5) is 15.5. The van der Waals surface area contributed by atoms with Gasteiger partial charge in [0, 0.05) is 6.54 Å². The van der Waals surface area contributed by atoms with Crippen LogP contribution in [0.2, 0.25) is 0 Å². The third-order valence-corrected chi connectivity index (χ3v) is 2.89. The zero-order valence-corrected chi connectivity index (χ0v) is 9.99. The summed E-state index contributed by atoms with van der Waals surface area (Å²) in [6, 6.07) is 1.82. The van der Waals surface area contributed by atoms with Crippen LogP contribution in [0.4, 0.5) is 0 Å². The summed E-state index contributed by atoms with van der Waals surface area (Å²) in [5, 5.41) is 22.4. The van der Waals surface area contributed by atoms with Gasteiger partial charge in [-0.1, -0.05) is 0 Å². The Morgan fingerprint density at radius 3 is 3.12 bits per heavy atom. The van der Waals surface area contributed by atoms with Crippen molar-refractivity contribution in [1.29, 1.82) is 0 Å². The van der Waals surface area contributed by atoms with E-state index in [1.165, 1.54) is 11.3 Å². The zero-order valence-electron chi connectivity index (χ0n) is 9.17. The van der Waals surface area contributed by atoms with Crippen LogP contribution < -0.4 is 5.32 Å². The number of aromatic amines is 1. The average molecular weight is 252 g/mol. The number of carbonyl (C=O) groups is 1. The van der Waals surface area contributed by atoms with Gasteiger partial charge in [-0.25, -0.2) is 4.98 Å². The Morgan fingerprint density at radius 1 is 1.71 bits per heavy atom. The molecule has 0 radical (unpaired) electrons. The monoisotopic (exact) mass is 252 g/mol. The largest absolute Gasteiger partial charge is 0.387 e. The highest BCUT2D eigenvalue weighted by Gasteiger charge is 2.13. The molecule has 0 aliphatic heterocycles. The first kappa shape index (κ1) is 11.7. The maximum Gasteiger partial charge on any atom is 0.291 e. The minimum absolute atomic E-state index is 0.0834. The summed E-state index contributed by atoms with van der Waals surface area (Å²) in [5.74, 6) is 0.261. The molecule has 2 heterocycles. The number of amides is 1. The minimum atomic E-state index is -0.703. The maximum absolute atomic E-state index is 11.6. The third kappa shape index (κ3) is 2.89. The zero-order chi connectivity index (χ0) is 12.3. The summed E-state index contributed by atoms with van der Waals surface area (Å²) >= 11 is 1.50. The number of aryl methyl sites for hydroxylation is 1. The molecule has 0 bridgehead atoms. The van der Waals surface area contributed by atoms with Gasteiger partial charge in [-0.15, -0.1) is 5.10 Å². The lowest BCUT2D eigenvalue weighted by Gasteiger charge is -2.08. The molecule has 0 saturated carbocycles. The Bertz CT molecular complexity index is 494. The smallest absolute Gasteiger partial charge is 0.291 e. The Hall–Kier alpha value is -1.73. The molecule has 2 aromatic rings. The fourth-order valence-corrected chi connectivity index (χ4v) is 2.00. The number of carbonyl (C=O) groups excluding carboxylic acids is 1. The van der Waals surface area contributed by atoms with Crippen molar-refractivity contribution in [3.63, 3.8) is 0 Å². The first-order valence-electron chi connectivity index (χ1n) is 5.04. The Labute approximate surface area is 102 Å². The van der Waals surface area contributed by atoms with E-state index in [1.807, 2.05) is 16.8 Å². The molecule has 2 rings (SSSR count). The number of aliphatic hydroxyl groups excluding tert-OH is 1. The van der Waals surface area contributed by atoms with Gasteiger partial charge in [0.25, 0.3) is 5.91 Å². The number of nitrogens with zero attached hydrogens (tertiary/aromatic N) is 2. The van der Waals surface area contributed by atoms with Gasteiger partial charge in [0.1, 0.15) is 5.82 Å². The molecule has 3 N–H and O–H groups in total. The predicted molar refractivity (Wildman–Crippen MR) is 62.7 cm³/mol. The molecule has 2 aromatic heterocycles. The SMILES string of the molecule is Cc1nc(C(=O)NCC(O)c2ccsc2)n[nH]1. The molecule has 1 atom stereocenters. The highest BCUT2D eigenvalue weighted by atomic mass is 32.1. The Morgan fingerprint density at radius 2 is 2.53 bits per heavy atom. The fraction of sp³-hybridized carbons (Fsp3) is 0.300. The number of aliphatic hydroxyl groups is 1. The molecule has 0 spiro atoms. The summed E-state index contributed by atoms with van der Waals surface area (Å²) < 4.78 is 0. The van der Waals surface area contributed by atoms with Crippen LogP contribution >= 0.6 is 11.3 Å². The second kappa shape index (κ2) is 5.07. The van der Waals surface area contributed by atoms with Gasteiger partial charge in [0.15, 0.2) is 0 Å². The van der Waals surface area contributed by atoms with Crippen molar-refractivity contribution >= 4 is 17.2 Å². The molecule has 6 nitrogen and oxygen atoms in total. The second-order valence-corrected chi connectivity index (χ2v) is 4.31. The van der Waals surface area contributed by atoms with Crippen LogP contribution in [-0.2, 0) is 0 Å². The average Bonchev–Trinajstić information content (AvgIpc) is 2.95. The van der Waals surface area contributed by atoms with Crippen molar-refractivity contribution in [1.82, 2.24) is 20.5 Å². The lowest BCUT2D eigenvalue weighted by molar-refractivity contribution is 0.0906. The van der Waals surface area contributed by atoms with Crippen molar-refractivity contribution < 1.29 is 9.90 Å². The van der Waals surface area contributed by atoms with Gasteiger partial charge in [0.2, 0.25) is 5.82 Å². The van der Waals surface area contributed by atoms with Gasteiger partial charge in [-0.05, 0) is 29.3 Å². The summed E-state index contributed by atoms with van der Waals surface area (Å²) in [6.45, 7) is 1.85. The van der Waals surface area contributed by atoms with E-state index in [-0.39, 0.29) is 12.4 Å². The lowest BCUT2D eigenvalue weighted by atomic mass is 10.2. The molecule has 7 heteroatoms. The Kier molecular flexibility index (Phi) is 3.50. The molecule has 0 fully saturated rings. The minimum Gasteiger partial charge on any atom is -0.387 e. The summed E-state index contributed by atoms with van der Waals surface area (Å²) in [5.41, 5.74) is 0.793. The van der Waals surface area contributed by atoms with E-state index in [4.69, 9.17) is 0 Å². The number of H-pyrrole nitrogens is 1. The first-order chi connectivity index (χ1) is 8.16. The molecule has 0 saturated heterocycles. The lowest BCUT2D eigenvalue weighted by Crippen LogP contribution is -2.29. The normalized spacial score (nSPS) is 12.4. The van der Waals surface area contributed by atoms with E-state index in [2.05, 4.69) is 20.5 Å². The van der Waals surface area contributed by atoms with E-state index in [0.29, 0.717) is 5.82 Å². The van der Waals surface area contributed by atoms with Gasteiger partial charge in [0.05, 0.1) is 6.10 Å². The van der Waals surface area contributed by atoms with E-state index in [9.17, 15) is 9.90 Å². The van der Waals surface area contributed by atoms with E-state index in [0.717, 1.165) is 5.56 Å². The number of hydrogen-bond donors (Lipinski definition) is 3. The number of nitrogens with one attached hydrogen (secondary N) is 2. The quantitative estimate of drug-likeness (QED) is 0.744.